The lowest BCUT2D eigenvalue weighted by atomic mass is 10.0. The van der Waals surface area contributed by atoms with Gasteiger partial charge in [-0.15, -0.1) is 11.3 Å². The normalized spacial score (nSPS) is 14.0. The summed E-state index contributed by atoms with van der Waals surface area (Å²) in [4.78, 5) is 4.69. The van der Waals surface area contributed by atoms with E-state index >= 15 is 0 Å². The second-order valence-corrected chi connectivity index (χ2v) is 7.13. The highest BCUT2D eigenvalue weighted by molar-refractivity contribution is 7.18. The molecular weight excluding hydrogens is 240 g/mol. The van der Waals surface area contributed by atoms with Crippen LogP contribution in [0.5, 0.6) is 0 Å². The SMILES string of the molecule is CC(CNC(C)(C)C)Cc1nc2ccccc2s1. The molecule has 1 unspecified atom stereocenters. The van der Waals surface area contributed by atoms with Crippen LogP contribution in [0.15, 0.2) is 24.3 Å². The van der Waals surface area contributed by atoms with E-state index in [0.29, 0.717) is 5.92 Å². The summed E-state index contributed by atoms with van der Waals surface area (Å²) in [5.41, 5.74) is 1.33. The summed E-state index contributed by atoms with van der Waals surface area (Å²) in [6.07, 6.45) is 1.06. The van der Waals surface area contributed by atoms with Crippen LogP contribution in [0, 0.1) is 5.92 Å². The lowest BCUT2D eigenvalue weighted by Gasteiger charge is -2.23. The number of nitrogens with one attached hydrogen (secondary N) is 1. The number of hydrogen-bond acceptors (Lipinski definition) is 3. The standard InChI is InChI=1S/C15H22N2S/c1-11(10-16-15(2,3)4)9-14-17-12-7-5-6-8-13(12)18-14/h5-8,11,16H,9-10H2,1-4H3. The summed E-state index contributed by atoms with van der Waals surface area (Å²) >= 11 is 1.82. The molecule has 2 nitrogen and oxygen atoms in total. The molecule has 0 aliphatic rings. The van der Waals surface area contributed by atoms with Crippen molar-refractivity contribution in [3.05, 3.63) is 29.3 Å². The van der Waals surface area contributed by atoms with Crippen molar-refractivity contribution in [2.45, 2.75) is 39.7 Å². The molecule has 3 heteroatoms. The van der Waals surface area contributed by atoms with E-state index in [4.69, 9.17) is 0 Å². The first-order chi connectivity index (χ1) is 8.44. The number of rotatable bonds is 4. The molecule has 0 aliphatic carbocycles. The van der Waals surface area contributed by atoms with Crippen LogP contribution in [0.25, 0.3) is 10.2 Å². The van der Waals surface area contributed by atoms with E-state index in [1.807, 2.05) is 11.3 Å². The fourth-order valence-corrected chi connectivity index (χ4v) is 2.99. The van der Waals surface area contributed by atoms with E-state index in [1.54, 1.807) is 0 Å². The molecule has 18 heavy (non-hydrogen) atoms. The topological polar surface area (TPSA) is 24.9 Å². The van der Waals surface area contributed by atoms with Gasteiger partial charge in [-0.05, 0) is 45.4 Å². The first-order valence-corrected chi connectivity index (χ1v) is 7.35. The Balaban J connectivity index is 1.96. The second-order valence-electron chi connectivity index (χ2n) is 6.02. The number of aromatic nitrogens is 1. The molecule has 0 saturated carbocycles. The van der Waals surface area contributed by atoms with Crippen LogP contribution < -0.4 is 5.32 Å². The molecule has 1 aromatic carbocycles. The highest BCUT2D eigenvalue weighted by Crippen LogP contribution is 2.23. The van der Waals surface area contributed by atoms with Gasteiger partial charge in [0.25, 0.3) is 0 Å². The van der Waals surface area contributed by atoms with E-state index in [1.165, 1.54) is 9.71 Å². The second kappa shape index (κ2) is 5.37. The minimum atomic E-state index is 0.196. The maximum atomic E-state index is 4.69. The zero-order valence-electron chi connectivity index (χ0n) is 11.7. The van der Waals surface area contributed by atoms with Gasteiger partial charge in [-0.25, -0.2) is 4.98 Å². The van der Waals surface area contributed by atoms with Crippen molar-refractivity contribution < 1.29 is 0 Å². The molecule has 1 aromatic heterocycles. The van der Waals surface area contributed by atoms with Gasteiger partial charge in [0.15, 0.2) is 0 Å². The van der Waals surface area contributed by atoms with Crippen molar-refractivity contribution in [3.8, 4) is 0 Å². The first-order valence-electron chi connectivity index (χ1n) is 6.53. The van der Waals surface area contributed by atoms with E-state index in [2.05, 4.69) is 62.3 Å². The van der Waals surface area contributed by atoms with Crippen molar-refractivity contribution in [2.24, 2.45) is 5.92 Å². The highest BCUT2D eigenvalue weighted by Gasteiger charge is 2.13. The lowest BCUT2D eigenvalue weighted by molar-refractivity contribution is 0.381. The van der Waals surface area contributed by atoms with Crippen LogP contribution in [-0.2, 0) is 6.42 Å². The van der Waals surface area contributed by atoms with Gasteiger partial charge in [-0.3, -0.25) is 0 Å². The number of hydrogen-bond donors (Lipinski definition) is 1. The minimum absolute atomic E-state index is 0.196. The summed E-state index contributed by atoms with van der Waals surface area (Å²) < 4.78 is 1.29. The molecule has 0 saturated heterocycles. The van der Waals surface area contributed by atoms with Crippen molar-refractivity contribution in [3.63, 3.8) is 0 Å². The Bertz CT molecular complexity index is 477. The average molecular weight is 262 g/mol. The Morgan fingerprint density at radius 1 is 1.28 bits per heavy atom. The summed E-state index contributed by atoms with van der Waals surface area (Å²) in [5, 5.41) is 4.80. The number of benzene rings is 1. The third kappa shape index (κ3) is 3.79. The third-order valence-corrected chi connectivity index (χ3v) is 3.90. The van der Waals surface area contributed by atoms with Crippen molar-refractivity contribution in [1.82, 2.24) is 10.3 Å². The summed E-state index contributed by atoms with van der Waals surface area (Å²) in [6.45, 7) is 9.94. The molecule has 1 N–H and O–H groups in total. The Morgan fingerprint density at radius 3 is 2.67 bits per heavy atom. The fourth-order valence-electron chi connectivity index (χ4n) is 1.86. The molecule has 0 aliphatic heterocycles. The number of para-hydroxylation sites is 1. The van der Waals surface area contributed by atoms with E-state index in [-0.39, 0.29) is 5.54 Å². The first kappa shape index (κ1) is 13.5. The molecule has 1 atom stereocenters. The van der Waals surface area contributed by atoms with Gasteiger partial charge < -0.3 is 5.32 Å². The minimum Gasteiger partial charge on any atom is -0.312 e. The molecule has 0 bridgehead atoms. The van der Waals surface area contributed by atoms with Crippen LogP contribution >= 0.6 is 11.3 Å². The van der Waals surface area contributed by atoms with Gasteiger partial charge in [-0.1, -0.05) is 19.1 Å². The predicted molar refractivity (Wildman–Crippen MR) is 80.2 cm³/mol. The lowest BCUT2D eigenvalue weighted by Crippen LogP contribution is -2.38. The van der Waals surface area contributed by atoms with Crippen LogP contribution in [-0.4, -0.2) is 17.1 Å². The van der Waals surface area contributed by atoms with E-state index in [0.717, 1.165) is 18.5 Å². The number of nitrogens with zero attached hydrogens (tertiary/aromatic N) is 1. The Hall–Kier alpha value is -0.930. The van der Waals surface area contributed by atoms with Crippen LogP contribution in [0.1, 0.15) is 32.7 Å². The molecule has 0 spiro atoms. The monoisotopic (exact) mass is 262 g/mol. The van der Waals surface area contributed by atoms with Gasteiger partial charge in [0.2, 0.25) is 0 Å². The van der Waals surface area contributed by atoms with E-state index in [9.17, 15) is 0 Å². The molecule has 1 heterocycles. The smallest absolute Gasteiger partial charge is 0.0941 e. The van der Waals surface area contributed by atoms with Gasteiger partial charge >= 0.3 is 0 Å². The van der Waals surface area contributed by atoms with Crippen molar-refractivity contribution in [2.75, 3.05) is 6.54 Å². The quantitative estimate of drug-likeness (QED) is 0.905. The average Bonchev–Trinajstić information content (AvgIpc) is 2.67. The van der Waals surface area contributed by atoms with Crippen LogP contribution in [0.2, 0.25) is 0 Å². The van der Waals surface area contributed by atoms with Gasteiger partial charge in [-0.2, -0.15) is 0 Å². The fraction of sp³-hybridized carbons (Fsp3) is 0.533. The summed E-state index contributed by atoms with van der Waals surface area (Å²) in [6, 6.07) is 8.37. The number of fused-ring (bicyclic) bond motifs is 1. The molecule has 0 radical (unpaired) electrons. The Kier molecular flexibility index (Phi) is 4.03. The van der Waals surface area contributed by atoms with Crippen molar-refractivity contribution >= 4 is 21.6 Å². The summed E-state index contributed by atoms with van der Waals surface area (Å²) in [5.74, 6) is 0.616. The van der Waals surface area contributed by atoms with Gasteiger partial charge in [0.05, 0.1) is 15.2 Å². The highest BCUT2D eigenvalue weighted by atomic mass is 32.1. The van der Waals surface area contributed by atoms with Crippen LogP contribution in [0.4, 0.5) is 0 Å². The molecule has 0 amide bonds. The van der Waals surface area contributed by atoms with E-state index < -0.39 is 0 Å². The van der Waals surface area contributed by atoms with Crippen LogP contribution in [0.3, 0.4) is 0 Å². The third-order valence-electron chi connectivity index (χ3n) is 2.84. The molecule has 98 valence electrons. The Morgan fingerprint density at radius 2 is 2.00 bits per heavy atom. The maximum Gasteiger partial charge on any atom is 0.0941 e. The zero-order chi connectivity index (χ0) is 13.2. The summed E-state index contributed by atoms with van der Waals surface area (Å²) in [7, 11) is 0. The van der Waals surface area contributed by atoms with Gasteiger partial charge in [0, 0.05) is 12.0 Å². The van der Waals surface area contributed by atoms with Gasteiger partial charge in [0.1, 0.15) is 0 Å². The Labute approximate surface area is 113 Å². The largest absolute Gasteiger partial charge is 0.312 e. The molecule has 2 aromatic rings. The number of thiazole rings is 1. The van der Waals surface area contributed by atoms with Crippen molar-refractivity contribution in [1.29, 1.82) is 0 Å². The molecule has 0 fully saturated rings. The predicted octanol–water partition coefficient (Wildman–Crippen LogP) is 3.86. The maximum absolute atomic E-state index is 4.69. The zero-order valence-corrected chi connectivity index (χ0v) is 12.5. The molecule has 2 rings (SSSR count). The molecular formula is C15H22N2S.